The number of oxazole rings is 1. The van der Waals surface area contributed by atoms with Crippen LogP contribution in [0.2, 0.25) is 0 Å². The normalized spacial score (nSPS) is 21.0. The van der Waals surface area contributed by atoms with Crippen LogP contribution in [0.5, 0.6) is 0 Å². The molecule has 0 aliphatic carbocycles. The van der Waals surface area contributed by atoms with Gasteiger partial charge in [-0.1, -0.05) is 12.1 Å². The average Bonchev–Trinajstić information content (AvgIpc) is 3.04. The number of halogens is 1. The minimum Gasteiger partial charge on any atom is -0.441 e. The highest BCUT2D eigenvalue weighted by Gasteiger charge is 2.27. The van der Waals surface area contributed by atoms with Crippen molar-refractivity contribution in [3.8, 4) is 11.3 Å². The van der Waals surface area contributed by atoms with Gasteiger partial charge in [0.05, 0.1) is 11.8 Å². The van der Waals surface area contributed by atoms with Gasteiger partial charge in [0, 0.05) is 38.0 Å². The second kappa shape index (κ2) is 7.13. The van der Waals surface area contributed by atoms with E-state index in [4.69, 9.17) is 4.42 Å². The molecular formula is C18H22FN3O2. The molecule has 1 aliphatic heterocycles. The second-order valence-corrected chi connectivity index (χ2v) is 6.17. The summed E-state index contributed by atoms with van der Waals surface area (Å²) in [6.07, 6.45) is 2.26. The Morgan fingerprint density at radius 3 is 3.00 bits per heavy atom. The van der Waals surface area contributed by atoms with Crippen LogP contribution in [0, 0.1) is 5.82 Å². The van der Waals surface area contributed by atoms with Gasteiger partial charge in [-0.25, -0.2) is 9.37 Å². The van der Waals surface area contributed by atoms with E-state index in [9.17, 15) is 9.18 Å². The van der Waals surface area contributed by atoms with Crippen LogP contribution in [0.3, 0.4) is 0 Å². The summed E-state index contributed by atoms with van der Waals surface area (Å²) in [5.41, 5.74) is 0.382. The topological polar surface area (TPSA) is 58.4 Å². The van der Waals surface area contributed by atoms with Crippen LogP contribution in [0.1, 0.15) is 26.2 Å². The van der Waals surface area contributed by atoms with Crippen molar-refractivity contribution < 1.29 is 13.6 Å². The molecule has 2 aromatic rings. The van der Waals surface area contributed by atoms with Crippen molar-refractivity contribution in [3.63, 3.8) is 0 Å². The molecule has 128 valence electrons. The molecule has 2 unspecified atom stereocenters. The molecule has 5 nitrogen and oxygen atoms in total. The van der Waals surface area contributed by atoms with Crippen molar-refractivity contribution in [1.82, 2.24) is 15.2 Å². The Hall–Kier alpha value is -2.21. The summed E-state index contributed by atoms with van der Waals surface area (Å²) in [7, 11) is 0. The first-order chi connectivity index (χ1) is 11.6. The van der Waals surface area contributed by atoms with E-state index >= 15 is 0 Å². The number of amides is 1. The number of hydrogen-bond acceptors (Lipinski definition) is 4. The highest BCUT2D eigenvalue weighted by Crippen LogP contribution is 2.23. The third-order valence-electron chi connectivity index (χ3n) is 4.60. The Kier molecular flexibility index (Phi) is 4.94. The van der Waals surface area contributed by atoms with Gasteiger partial charge in [0.15, 0.2) is 11.7 Å². The molecule has 0 radical (unpaired) electrons. The molecule has 2 atom stereocenters. The molecule has 0 bridgehead atoms. The Bertz CT molecular complexity index is 716. The van der Waals surface area contributed by atoms with Gasteiger partial charge >= 0.3 is 0 Å². The van der Waals surface area contributed by atoms with Crippen LogP contribution in [0.4, 0.5) is 4.39 Å². The van der Waals surface area contributed by atoms with Gasteiger partial charge < -0.3 is 14.6 Å². The molecule has 1 fully saturated rings. The molecule has 24 heavy (non-hydrogen) atoms. The van der Waals surface area contributed by atoms with E-state index in [-0.39, 0.29) is 23.8 Å². The zero-order valence-electron chi connectivity index (χ0n) is 14.0. The van der Waals surface area contributed by atoms with Gasteiger partial charge in [0.1, 0.15) is 5.82 Å². The van der Waals surface area contributed by atoms with Crippen molar-refractivity contribution in [1.29, 1.82) is 0 Å². The maximum absolute atomic E-state index is 13.8. The first-order valence-electron chi connectivity index (χ1n) is 8.28. The molecule has 3 rings (SSSR count). The van der Waals surface area contributed by atoms with Crippen molar-refractivity contribution in [2.45, 2.75) is 38.8 Å². The number of nitrogens with zero attached hydrogens (tertiary/aromatic N) is 2. The van der Waals surface area contributed by atoms with Crippen LogP contribution in [0.15, 0.2) is 34.9 Å². The molecule has 6 heteroatoms. The number of piperazine rings is 1. The van der Waals surface area contributed by atoms with Gasteiger partial charge in [-0.2, -0.15) is 0 Å². The minimum atomic E-state index is -0.347. The van der Waals surface area contributed by atoms with Crippen molar-refractivity contribution in [2.75, 3.05) is 13.1 Å². The van der Waals surface area contributed by atoms with E-state index in [0.29, 0.717) is 30.1 Å². The predicted octanol–water partition coefficient (Wildman–Crippen LogP) is 2.62. The van der Waals surface area contributed by atoms with Crippen LogP contribution in [0.25, 0.3) is 11.3 Å². The summed E-state index contributed by atoms with van der Waals surface area (Å²) >= 11 is 0. The molecular weight excluding hydrogens is 309 g/mol. The summed E-state index contributed by atoms with van der Waals surface area (Å²) in [6.45, 7) is 5.67. The van der Waals surface area contributed by atoms with E-state index in [2.05, 4.69) is 24.1 Å². The highest BCUT2D eigenvalue weighted by molar-refractivity contribution is 5.77. The fourth-order valence-corrected chi connectivity index (χ4v) is 2.98. The van der Waals surface area contributed by atoms with Gasteiger partial charge in [0.2, 0.25) is 5.91 Å². The maximum Gasteiger partial charge on any atom is 0.223 e. The van der Waals surface area contributed by atoms with Gasteiger partial charge in [-0.15, -0.1) is 0 Å². The lowest BCUT2D eigenvalue weighted by Crippen LogP contribution is -2.57. The van der Waals surface area contributed by atoms with Gasteiger partial charge in [-0.05, 0) is 26.0 Å². The zero-order valence-corrected chi connectivity index (χ0v) is 14.0. The smallest absolute Gasteiger partial charge is 0.223 e. The quantitative estimate of drug-likeness (QED) is 0.936. The number of carbonyl (C=O) groups excluding carboxylic acids is 1. The molecule has 0 spiro atoms. The van der Waals surface area contributed by atoms with Gasteiger partial charge in [-0.3, -0.25) is 4.79 Å². The van der Waals surface area contributed by atoms with E-state index in [1.807, 2.05) is 4.90 Å². The lowest BCUT2D eigenvalue weighted by atomic mass is 10.1. The summed E-state index contributed by atoms with van der Waals surface area (Å²) in [6, 6.07) is 6.87. The Labute approximate surface area is 140 Å². The number of nitrogens with one attached hydrogen (secondary N) is 1. The molecule has 1 aliphatic rings. The first-order valence-corrected chi connectivity index (χ1v) is 8.28. The largest absolute Gasteiger partial charge is 0.441 e. The van der Waals surface area contributed by atoms with E-state index in [0.717, 1.165) is 13.1 Å². The van der Waals surface area contributed by atoms with Crippen LogP contribution in [-0.4, -0.2) is 41.0 Å². The average molecular weight is 331 g/mol. The van der Waals surface area contributed by atoms with Crippen LogP contribution >= 0.6 is 0 Å². The Balaban J connectivity index is 1.61. The number of rotatable bonds is 4. The van der Waals surface area contributed by atoms with E-state index < -0.39 is 0 Å². The summed E-state index contributed by atoms with van der Waals surface area (Å²) in [5.74, 6) is 0.596. The number of aryl methyl sites for hydroxylation is 1. The third kappa shape index (κ3) is 3.48. The minimum absolute atomic E-state index is 0.0986. The molecule has 1 aromatic carbocycles. The molecule has 1 N–H and O–H groups in total. The van der Waals surface area contributed by atoms with E-state index in [1.54, 1.807) is 18.2 Å². The predicted molar refractivity (Wildman–Crippen MR) is 88.9 cm³/mol. The summed E-state index contributed by atoms with van der Waals surface area (Å²) < 4.78 is 19.4. The standard InChI is InChI=1S/C18H22FN3O2/c1-12-13(2)22(10-9-20-12)18(23)8-7-17-21-11-16(24-17)14-5-3-4-6-15(14)19/h3-6,11-13,20H,7-10H2,1-2H3. The fraction of sp³-hybridized carbons (Fsp3) is 0.444. The number of benzene rings is 1. The molecule has 2 heterocycles. The first kappa shape index (κ1) is 16.6. The van der Waals surface area contributed by atoms with Gasteiger partial charge in [0.25, 0.3) is 0 Å². The number of aromatic nitrogens is 1. The molecule has 0 saturated carbocycles. The van der Waals surface area contributed by atoms with Crippen LogP contribution < -0.4 is 5.32 Å². The lowest BCUT2D eigenvalue weighted by Gasteiger charge is -2.38. The van der Waals surface area contributed by atoms with Crippen molar-refractivity contribution in [3.05, 3.63) is 42.2 Å². The Morgan fingerprint density at radius 2 is 2.21 bits per heavy atom. The SMILES string of the molecule is CC1NCCN(C(=O)CCc2ncc(-c3ccccc3F)o2)C1C. The fourth-order valence-electron chi connectivity index (χ4n) is 2.98. The lowest BCUT2D eigenvalue weighted by molar-refractivity contribution is -0.134. The summed E-state index contributed by atoms with van der Waals surface area (Å²) in [5, 5.41) is 3.36. The summed E-state index contributed by atoms with van der Waals surface area (Å²) in [4.78, 5) is 18.5. The molecule has 1 amide bonds. The highest BCUT2D eigenvalue weighted by atomic mass is 19.1. The van der Waals surface area contributed by atoms with E-state index in [1.165, 1.54) is 12.3 Å². The monoisotopic (exact) mass is 331 g/mol. The Morgan fingerprint density at radius 1 is 1.42 bits per heavy atom. The number of hydrogen-bond donors (Lipinski definition) is 1. The third-order valence-corrected chi connectivity index (χ3v) is 4.60. The van der Waals surface area contributed by atoms with Crippen molar-refractivity contribution in [2.24, 2.45) is 0 Å². The van der Waals surface area contributed by atoms with Crippen LogP contribution in [-0.2, 0) is 11.2 Å². The second-order valence-electron chi connectivity index (χ2n) is 6.17. The molecule has 1 saturated heterocycles. The molecule has 1 aromatic heterocycles. The van der Waals surface area contributed by atoms with Crippen molar-refractivity contribution >= 4 is 5.91 Å². The zero-order chi connectivity index (χ0) is 17.1. The number of carbonyl (C=O) groups is 1. The maximum atomic E-state index is 13.8.